The standard InChI is InChI=1S/C33H32Cl2N4O3S/c1-4-42-24-11-12-27(35)30(14-24)39-29(13-19(2)3)25(32(40)38-16-22-9-10-23(17-38)36-22)15-26(33(39)41)31-37-28(18-43-31)20-5-7-21(34)8-6-20/h5-8,11-15,18,22-23,36H,4,9-10,16-17H2,1-3H3. The second-order valence-electron chi connectivity index (χ2n) is 11.2. The Balaban J connectivity index is 1.58. The summed E-state index contributed by atoms with van der Waals surface area (Å²) in [6, 6.07) is 14.9. The molecule has 0 spiro atoms. The number of carbonyl (C=O) groups is 1. The van der Waals surface area contributed by atoms with Crippen molar-refractivity contribution in [3.8, 4) is 33.3 Å². The van der Waals surface area contributed by atoms with Gasteiger partial charge in [-0.05, 0) is 70.0 Å². The fraction of sp³-hybridized carbons (Fsp3) is 0.303. The van der Waals surface area contributed by atoms with Crippen LogP contribution in [0, 0.1) is 0 Å². The van der Waals surface area contributed by atoms with Crippen LogP contribution in [0.1, 0.15) is 49.7 Å². The number of fused-ring (bicyclic) bond motifs is 2. The predicted octanol–water partition coefficient (Wildman–Crippen LogP) is 7.33. The number of likely N-dealkylation sites (tertiary alicyclic amines) is 1. The maximum Gasteiger partial charge on any atom is 0.265 e. The third-order valence-corrected chi connectivity index (χ3v) is 9.19. The molecule has 222 valence electrons. The smallest absolute Gasteiger partial charge is 0.265 e. The number of pyridine rings is 1. The number of nitrogens with one attached hydrogen (secondary N) is 1. The number of rotatable bonds is 7. The van der Waals surface area contributed by atoms with Crippen LogP contribution in [0.2, 0.25) is 10.0 Å². The number of aromatic nitrogens is 2. The lowest BCUT2D eigenvalue weighted by Gasteiger charge is -2.33. The molecule has 2 unspecified atom stereocenters. The lowest BCUT2D eigenvalue weighted by molar-refractivity contribution is 0.0696. The molecular weight excluding hydrogens is 603 g/mol. The van der Waals surface area contributed by atoms with Crippen LogP contribution in [0.25, 0.3) is 33.6 Å². The van der Waals surface area contributed by atoms with E-state index in [1.54, 1.807) is 28.8 Å². The van der Waals surface area contributed by atoms with E-state index in [0.717, 1.165) is 29.7 Å². The molecule has 4 heterocycles. The molecule has 4 aromatic rings. The van der Waals surface area contributed by atoms with Gasteiger partial charge in [0.25, 0.3) is 11.5 Å². The van der Waals surface area contributed by atoms with Crippen LogP contribution in [-0.2, 0) is 0 Å². The first kappa shape index (κ1) is 29.6. The number of thiazole rings is 1. The zero-order valence-corrected chi connectivity index (χ0v) is 26.5. The number of allylic oxidation sites excluding steroid dienone is 1. The van der Waals surface area contributed by atoms with Crippen molar-refractivity contribution in [1.29, 1.82) is 0 Å². The molecule has 1 amide bonds. The number of piperazine rings is 1. The Morgan fingerprint density at radius 3 is 2.49 bits per heavy atom. The summed E-state index contributed by atoms with van der Waals surface area (Å²) >= 11 is 14.2. The molecule has 2 aromatic carbocycles. The molecule has 2 atom stereocenters. The summed E-state index contributed by atoms with van der Waals surface area (Å²) in [6.07, 6.45) is 3.97. The van der Waals surface area contributed by atoms with Gasteiger partial charge in [0, 0.05) is 47.2 Å². The highest BCUT2D eigenvalue weighted by Crippen LogP contribution is 2.33. The monoisotopic (exact) mass is 634 g/mol. The van der Waals surface area contributed by atoms with E-state index in [-0.39, 0.29) is 23.6 Å². The lowest BCUT2D eigenvalue weighted by Crippen LogP contribution is -2.53. The number of nitrogens with zero attached hydrogens (tertiary/aromatic N) is 3. The molecule has 2 aliphatic rings. The Bertz CT molecular complexity index is 1760. The molecule has 2 aliphatic heterocycles. The van der Waals surface area contributed by atoms with Crippen molar-refractivity contribution in [1.82, 2.24) is 19.8 Å². The Labute approximate surface area is 264 Å². The summed E-state index contributed by atoms with van der Waals surface area (Å²) in [5.41, 5.74) is 3.90. The van der Waals surface area contributed by atoms with E-state index in [0.29, 0.717) is 63.0 Å². The number of ether oxygens (including phenoxy) is 1. The normalized spacial score (nSPS) is 17.7. The van der Waals surface area contributed by atoms with E-state index in [1.807, 2.05) is 61.4 Å². The number of hydrogen-bond acceptors (Lipinski definition) is 6. The van der Waals surface area contributed by atoms with Gasteiger partial charge in [-0.15, -0.1) is 11.3 Å². The SMILES string of the molecule is CCOc1ccc(Cl)c(-n2c(C=C(C)C)c(C(=O)N3CC4CCC(C3)N4)cc(-c3nc(-c4ccc(Cl)cc4)cs3)c2=O)c1. The third-order valence-electron chi connectivity index (χ3n) is 7.74. The molecule has 2 bridgehead atoms. The maximum atomic E-state index is 14.5. The van der Waals surface area contributed by atoms with E-state index in [2.05, 4.69) is 5.32 Å². The molecule has 2 aromatic heterocycles. The van der Waals surface area contributed by atoms with Gasteiger partial charge in [0.1, 0.15) is 10.8 Å². The molecule has 6 rings (SSSR count). The zero-order valence-electron chi connectivity index (χ0n) is 24.2. The van der Waals surface area contributed by atoms with Gasteiger partial charge >= 0.3 is 0 Å². The van der Waals surface area contributed by atoms with E-state index >= 15 is 0 Å². The van der Waals surface area contributed by atoms with E-state index in [1.165, 1.54) is 11.3 Å². The zero-order chi connectivity index (χ0) is 30.2. The van der Waals surface area contributed by atoms with Gasteiger partial charge in [-0.3, -0.25) is 14.2 Å². The van der Waals surface area contributed by atoms with Gasteiger partial charge < -0.3 is 15.0 Å². The van der Waals surface area contributed by atoms with E-state index in [4.69, 9.17) is 32.9 Å². The van der Waals surface area contributed by atoms with Gasteiger partial charge in [-0.25, -0.2) is 4.98 Å². The predicted molar refractivity (Wildman–Crippen MR) is 175 cm³/mol. The summed E-state index contributed by atoms with van der Waals surface area (Å²) < 4.78 is 7.31. The van der Waals surface area contributed by atoms with Crippen LogP contribution in [0.3, 0.4) is 0 Å². The van der Waals surface area contributed by atoms with Gasteiger partial charge in [0.05, 0.1) is 39.8 Å². The van der Waals surface area contributed by atoms with Gasteiger partial charge in [0.2, 0.25) is 0 Å². The number of halogens is 2. The van der Waals surface area contributed by atoms with E-state index < -0.39 is 0 Å². The van der Waals surface area contributed by atoms with Crippen molar-refractivity contribution < 1.29 is 9.53 Å². The largest absolute Gasteiger partial charge is 0.494 e. The minimum Gasteiger partial charge on any atom is -0.494 e. The molecular formula is C33H32Cl2N4O3S. The molecule has 10 heteroatoms. The van der Waals surface area contributed by atoms with Crippen molar-refractivity contribution >= 4 is 46.5 Å². The van der Waals surface area contributed by atoms with Crippen LogP contribution in [-0.4, -0.2) is 52.1 Å². The number of carbonyl (C=O) groups excluding carboxylic acids is 1. The van der Waals surface area contributed by atoms with Crippen LogP contribution in [0.4, 0.5) is 0 Å². The quantitative estimate of drug-likeness (QED) is 0.230. The topological polar surface area (TPSA) is 76.5 Å². The molecule has 1 N–H and O–H groups in total. The average Bonchev–Trinajstić information content (AvgIpc) is 3.60. The van der Waals surface area contributed by atoms with Crippen LogP contribution in [0.5, 0.6) is 5.75 Å². The van der Waals surface area contributed by atoms with Gasteiger partial charge in [-0.2, -0.15) is 0 Å². The molecule has 0 saturated carbocycles. The Morgan fingerprint density at radius 1 is 1.09 bits per heavy atom. The fourth-order valence-electron chi connectivity index (χ4n) is 5.81. The third kappa shape index (κ3) is 6.02. The number of hydrogen-bond donors (Lipinski definition) is 1. The lowest BCUT2D eigenvalue weighted by atomic mass is 10.0. The van der Waals surface area contributed by atoms with Crippen molar-refractivity contribution in [2.45, 2.75) is 45.7 Å². The summed E-state index contributed by atoms with van der Waals surface area (Å²) in [5.74, 6) is 0.459. The Kier molecular flexibility index (Phi) is 8.47. The molecule has 7 nitrogen and oxygen atoms in total. The number of amides is 1. The molecule has 0 aliphatic carbocycles. The van der Waals surface area contributed by atoms with Crippen molar-refractivity contribution in [3.63, 3.8) is 0 Å². The highest BCUT2D eigenvalue weighted by molar-refractivity contribution is 7.13. The minimum absolute atomic E-state index is 0.118. The van der Waals surface area contributed by atoms with Crippen molar-refractivity contribution in [3.05, 3.63) is 91.1 Å². The van der Waals surface area contributed by atoms with Crippen LogP contribution >= 0.6 is 34.5 Å². The summed E-state index contributed by atoms with van der Waals surface area (Å²) in [7, 11) is 0. The molecule has 0 radical (unpaired) electrons. The number of benzene rings is 2. The molecule has 2 fully saturated rings. The van der Waals surface area contributed by atoms with Gasteiger partial charge in [-0.1, -0.05) is 40.9 Å². The van der Waals surface area contributed by atoms with Crippen LogP contribution < -0.4 is 15.6 Å². The fourth-order valence-corrected chi connectivity index (χ4v) is 6.98. The Morgan fingerprint density at radius 2 is 1.81 bits per heavy atom. The second-order valence-corrected chi connectivity index (χ2v) is 12.9. The summed E-state index contributed by atoms with van der Waals surface area (Å²) in [5, 5.41) is 7.01. The summed E-state index contributed by atoms with van der Waals surface area (Å²) in [6.45, 7) is 7.48. The minimum atomic E-state index is -0.322. The first-order valence-corrected chi connectivity index (χ1v) is 16.0. The summed E-state index contributed by atoms with van der Waals surface area (Å²) in [4.78, 5) is 35.6. The average molecular weight is 636 g/mol. The van der Waals surface area contributed by atoms with Crippen LogP contribution in [0.15, 0.2) is 64.3 Å². The highest BCUT2D eigenvalue weighted by atomic mass is 35.5. The van der Waals surface area contributed by atoms with Crippen molar-refractivity contribution in [2.75, 3.05) is 19.7 Å². The second kappa shape index (κ2) is 12.3. The Hall–Kier alpha value is -3.43. The molecule has 2 saturated heterocycles. The van der Waals surface area contributed by atoms with E-state index in [9.17, 15) is 9.59 Å². The van der Waals surface area contributed by atoms with Crippen molar-refractivity contribution in [2.24, 2.45) is 0 Å². The first-order valence-electron chi connectivity index (χ1n) is 14.4. The van der Waals surface area contributed by atoms with Gasteiger partial charge in [0.15, 0.2) is 0 Å². The highest BCUT2D eigenvalue weighted by Gasteiger charge is 2.36. The first-order chi connectivity index (χ1) is 20.7. The molecule has 43 heavy (non-hydrogen) atoms. The maximum absolute atomic E-state index is 14.5.